The van der Waals surface area contributed by atoms with Crippen LogP contribution >= 0.6 is 0 Å². The molecule has 1 aliphatic heterocycles. The second kappa shape index (κ2) is 8.53. The van der Waals surface area contributed by atoms with Crippen LogP contribution in [0.3, 0.4) is 0 Å². The van der Waals surface area contributed by atoms with E-state index in [-0.39, 0.29) is 6.04 Å². The Hall–Kier alpha value is -2.95. The first-order chi connectivity index (χ1) is 15.3. The maximum absolute atomic E-state index is 4.92. The largest absolute Gasteiger partial charge is 0.322 e. The van der Waals surface area contributed by atoms with Crippen LogP contribution in [0.1, 0.15) is 83.0 Å². The molecular formula is C27H35N5. The first-order valence-corrected chi connectivity index (χ1v) is 11.8. The zero-order chi connectivity index (χ0) is 23.0. The number of hydrogen-bond acceptors (Lipinski definition) is 4. The third-order valence-corrected chi connectivity index (χ3v) is 6.54. The standard InChI is InChI=1S/C25H29N5.C2H6/c1-16(2)30-15-26-28-24(30)22-7-6-8-23(27-22)29-14-19-10-9-18(11-21(19)17(29)3)20-12-25(4,5)13-20;1-2/h6-11,15-16,20H,3,12-14H2,1-2,4-5H3;1-2H3. The van der Waals surface area contributed by atoms with Gasteiger partial charge in [-0.15, -0.1) is 10.2 Å². The minimum absolute atomic E-state index is 0.279. The summed E-state index contributed by atoms with van der Waals surface area (Å²) < 4.78 is 2.05. The molecule has 1 saturated carbocycles. The Balaban J connectivity index is 0.00000119. The lowest BCUT2D eigenvalue weighted by Crippen LogP contribution is -2.29. The Kier molecular flexibility index (Phi) is 5.93. The molecule has 5 nitrogen and oxygen atoms in total. The molecule has 1 aliphatic carbocycles. The lowest BCUT2D eigenvalue weighted by atomic mass is 9.62. The molecular weight excluding hydrogens is 394 g/mol. The Morgan fingerprint density at radius 3 is 2.53 bits per heavy atom. The average molecular weight is 430 g/mol. The van der Waals surface area contributed by atoms with Crippen molar-refractivity contribution in [2.24, 2.45) is 5.41 Å². The van der Waals surface area contributed by atoms with Crippen molar-refractivity contribution in [1.82, 2.24) is 19.7 Å². The first kappa shape index (κ1) is 22.3. The molecule has 0 N–H and O–H groups in total. The Labute approximate surface area is 192 Å². The second-order valence-electron chi connectivity index (χ2n) is 9.76. The zero-order valence-corrected chi connectivity index (χ0v) is 20.3. The molecule has 0 saturated heterocycles. The van der Waals surface area contributed by atoms with Crippen LogP contribution in [0.15, 0.2) is 49.3 Å². The number of aromatic nitrogens is 4. The summed E-state index contributed by atoms with van der Waals surface area (Å²) in [6.07, 6.45) is 4.30. The average Bonchev–Trinajstić information content (AvgIpc) is 3.39. The SMILES string of the molecule is C=C1c2cc(C3CC(C)(C)C3)ccc2CN1c1cccc(-c2nncn2C(C)C)n1.CC. The fourth-order valence-corrected chi connectivity index (χ4v) is 4.90. The van der Waals surface area contributed by atoms with Crippen molar-refractivity contribution in [3.8, 4) is 11.5 Å². The van der Waals surface area contributed by atoms with Gasteiger partial charge in [0, 0.05) is 17.3 Å². The van der Waals surface area contributed by atoms with E-state index in [0.29, 0.717) is 11.3 Å². The van der Waals surface area contributed by atoms with Gasteiger partial charge >= 0.3 is 0 Å². The number of nitrogens with zero attached hydrogens (tertiary/aromatic N) is 5. The predicted octanol–water partition coefficient (Wildman–Crippen LogP) is 6.84. The molecule has 3 aromatic rings. The lowest BCUT2D eigenvalue weighted by molar-refractivity contribution is 0.151. The lowest BCUT2D eigenvalue weighted by Gasteiger charge is -2.43. The third-order valence-electron chi connectivity index (χ3n) is 6.54. The van der Waals surface area contributed by atoms with E-state index in [1.807, 2.05) is 36.6 Å². The fraction of sp³-hybridized carbons (Fsp3) is 0.444. The Morgan fingerprint density at radius 1 is 1.09 bits per heavy atom. The van der Waals surface area contributed by atoms with Crippen LogP contribution in [-0.4, -0.2) is 19.7 Å². The summed E-state index contributed by atoms with van der Waals surface area (Å²) in [5.74, 6) is 2.37. The molecule has 2 aliphatic rings. The van der Waals surface area contributed by atoms with Gasteiger partial charge in [-0.3, -0.25) is 0 Å². The summed E-state index contributed by atoms with van der Waals surface area (Å²) in [4.78, 5) is 7.13. The molecule has 0 spiro atoms. The van der Waals surface area contributed by atoms with Gasteiger partial charge in [-0.25, -0.2) is 4.98 Å². The number of pyridine rings is 1. The highest BCUT2D eigenvalue weighted by Gasteiger charge is 2.37. The number of rotatable bonds is 4. The quantitative estimate of drug-likeness (QED) is 0.455. The molecule has 5 heteroatoms. The van der Waals surface area contributed by atoms with E-state index in [1.54, 1.807) is 6.33 Å². The van der Waals surface area contributed by atoms with Crippen molar-refractivity contribution >= 4 is 11.5 Å². The topological polar surface area (TPSA) is 46.8 Å². The highest BCUT2D eigenvalue weighted by atomic mass is 15.3. The number of hydrogen-bond donors (Lipinski definition) is 0. The van der Waals surface area contributed by atoms with Crippen molar-refractivity contribution in [3.63, 3.8) is 0 Å². The molecule has 0 radical (unpaired) electrons. The molecule has 2 aromatic heterocycles. The molecule has 0 amide bonds. The molecule has 3 heterocycles. The van der Waals surface area contributed by atoms with Crippen molar-refractivity contribution in [1.29, 1.82) is 0 Å². The van der Waals surface area contributed by atoms with E-state index in [0.717, 1.165) is 29.6 Å². The Bertz CT molecular complexity index is 1120. The van der Waals surface area contributed by atoms with Gasteiger partial charge in [0.05, 0.1) is 6.54 Å². The van der Waals surface area contributed by atoms with Gasteiger partial charge < -0.3 is 9.47 Å². The normalized spacial score (nSPS) is 17.1. The molecule has 0 unspecified atom stereocenters. The van der Waals surface area contributed by atoms with Gasteiger partial charge in [0.25, 0.3) is 0 Å². The van der Waals surface area contributed by atoms with Crippen LogP contribution in [0.25, 0.3) is 17.2 Å². The van der Waals surface area contributed by atoms with Crippen LogP contribution in [0.2, 0.25) is 0 Å². The summed E-state index contributed by atoms with van der Waals surface area (Å²) >= 11 is 0. The van der Waals surface area contributed by atoms with Gasteiger partial charge in [0.1, 0.15) is 17.8 Å². The minimum atomic E-state index is 0.279. The van der Waals surface area contributed by atoms with Gasteiger partial charge in [-0.05, 0) is 67.3 Å². The first-order valence-electron chi connectivity index (χ1n) is 11.8. The van der Waals surface area contributed by atoms with E-state index in [9.17, 15) is 0 Å². The van der Waals surface area contributed by atoms with Gasteiger partial charge in [-0.1, -0.05) is 52.5 Å². The summed E-state index contributed by atoms with van der Waals surface area (Å²) in [5, 5.41) is 8.39. The predicted molar refractivity (Wildman–Crippen MR) is 132 cm³/mol. The minimum Gasteiger partial charge on any atom is -0.322 e. The second-order valence-corrected chi connectivity index (χ2v) is 9.76. The van der Waals surface area contributed by atoms with E-state index in [4.69, 9.17) is 4.98 Å². The van der Waals surface area contributed by atoms with E-state index in [1.165, 1.54) is 29.5 Å². The van der Waals surface area contributed by atoms with Gasteiger partial charge in [-0.2, -0.15) is 0 Å². The van der Waals surface area contributed by atoms with Crippen molar-refractivity contribution < 1.29 is 0 Å². The molecule has 32 heavy (non-hydrogen) atoms. The Morgan fingerprint density at radius 2 is 1.84 bits per heavy atom. The summed E-state index contributed by atoms with van der Waals surface area (Å²) in [6.45, 7) is 18.2. The van der Waals surface area contributed by atoms with Crippen LogP contribution in [0.4, 0.5) is 5.82 Å². The van der Waals surface area contributed by atoms with E-state index in [2.05, 4.69) is 67.6 Å². The fourth-order valence-electron chi connectivity index (χ4n) is 4.90. The van der Waals surface area contributed by atoms with Crippen LogP contribution < -0.4 is 4.90 Å². The monoisotopic (exact) mass is 429 g/mol. The smallest absolute Gasteiger partial charge is 0.182 e. The highest BCUT2D eigenvalue weighted by molar-refractivity contribution is 5.83. The summed E-state index contributed by atoms with van der Waals surface area (Å²) in [6, 6.07) is 13.3. The van der Waals surface area contributed by atoms with Crippen molar-refractivity contribution in [2.45, 2.75) is 72.9 Å². The molecule has 0 bridgehead atoms. The zero-order valence-electron chi connectivity index (χ0n) is 20.3. The molecule has 1 fully saturated rings. The van der Waals surface area contributed by atoms with Crippen LogP contribution in [-0.2, 0) is 6.54 Å². The molecule has 5 rings (SSSR count). The third kappa shape index (κ3) is 3.96. The van der Waals surface area contributed by atoms with Crippen LogP contribution in [0.5, 0.6) is 0 Å². The maximum Gasteiger partial charge on any atom is 0.182 e. The maximum atomic E-state index is 4.92. The van der Waals surface area contributed by atoms with Crippen LogP contribution in [0, 0.1) is 5.41 Å². The van der Waals surface area contributed by atoms with Gasteiger partial charge in [0.2, 0.25) is 0 Å². The summed E-state index contributed by atoms with van der Waals surface area (Å²) in [5.41, 5.74) is 6.37. The van der Waals surface area contributed by atoms with Gasteiger partial charge in [0.15, 0.2) is 5.82 Å². The highest BCUT2D eigenvalue weighted by Crippen LogP contribution is 2.51. The van der Waals surface area contributed by atoms with Crippen molar-refractivity contribution in [2.75, 3.05) is 4.90 Å². The van der Waals surface area contributed by atoms with E-state index < -0.39 is 0 Å². The van der Waals surface area contributed by atoms with Crippen molar-refractivity contribution in [3.05, 3.63) is 66.0 Å². The molecule has 1 aromatic carbocycles. The molecule has 168 valence electrons. The van der Waals surface area contributed by atoms with E-state index >= 15 is 0 Å². The summed E-state index contributed by atoms with van der Waals surface area (Å²) in [7, 11) is 0. The number of fused-ring (bicyclic) bond motifs is 1. The number of benzene rings is 1. The number of anilines is 1. The molecule has 0 atom stereocenters.